The van der Waals surface area contributed by atoms with E-state index in [1.807, 2.05) is 0 Å². The van der Waals surface area contributed by atoms with Crippen molar-refractivity contribution in [1.82, 2.24) is 0 Å². The SMILES string of the molecule is Cc1cc(C=CCC(=O)O)cc(Cl)c1O. The third-order valence-electron chi connectivity index (χ3n) is 1.88. The number of phenols is 1. The number of aliphatic carboxylic acids is 1. The number of hydrogen-bond acceptors (Lipinski definition) is 2. The summed E-state index contributed by atoms with van der Waals surface area (Å²) in [5.41, 5.74) is 1.44. The molecule has 0 aliphatic carbocycles. The van der Waals surface area contributed by atoms with Gasteiger partial charge >= 0.3 is 5.97 Å². The Hall–Kier alpha value is -1.48. The molecule has 0 saturated heterocycles. The maximum Gasteiger partial charge on any atom is 0.307 e. The zero-order valence-electron chi connectivity index (χ0n) is 8.20. The van der Waals surface area contributed by atoms with E-state index in [0.29, 0.717) is 5.56 Å². The molecule has 2 N–H and O–H groups in total. The first kappa shape index (κ1) is 11.6. The third kappa shape index (κ3) is 3.29. The van der Waals surface area contributed by atoms with E-state index in [4.69, 9.17) is 16.7 Å². The van der Waals surface area contributed by atoms with Crippen molar-refractivity contribution in [3.8, 4) is 5.75 Å². The average Bonchev–Trinajstić information content (AvgIpc) is 2.13. The van der Waals surface area contributed by atoms with E-state index in [-0.39, 0.29) is 17.2 Å². The largest absolute Gasteiger partial charge is 0.506 e. The fourth-order valence-corrected chi connectivity index (χ4v) is 1.43. The molecule has 80 valence electrons. The molecule has 0 spiro atoms. The summed E-state index contributed by atoms with van der Waals surface area (Å²) in [5.74, 6) is -0.820. The van der Waals surface area contributed by atoms with Crippen LogP contribution in [0.2, 0.25) is 5.02 Å². The smallest absolute Gasteiger partial charge is 0.307 e. The van der Waals surface area contributed by atoms with Crippen molar-refractivity contribution in [1.29, 1.82) is 0 Å². The van der Waals surface area contributed by atoms with Crippen LogP contribution in [0.15, 0.2) is 18.2 Å². The van der Waals surface area contributed by atoms with Crippen LogP contribution >= 0.6 is 11.6 Å². The van der Waals surface area contributed by atoms with Crippen molar-refractivity contribution < 1.29 is 15.0 Å². The summed E-state index contributed by atoms with van der Waals surface area (Å²) >= 11 is 5.76. The molecule has 0 aromatic heterocycles. The highest BCUT2D eigenvalue weighted by molar-refractivity contribution is 6.32. The zero-order chi connectivity index (χ0) is 11.4. The first-order chi connectivity index (χ1) is 7.00. The Morgan fingerprint density at radius 1 is 1.53 bits per heavy atom. The molecule has 15 heavy (non-hydrogen) atoms. The van der Waals surface area contributed by atoms with Crippen LogP contribution in [-0.4, -0.2) is 16.2 Å². The molecule has 1 rings (SSSR count). The van der Waals surface area contributed by atoms with Gasteiger partial charge in [-0.25, -0.2) is 0 Å². The lowest BCUT2D eigenvalue weighted by Crippen LogP contribution is -1.89. The molecule has 0 unspecified atom stereocenters. The Bertz CT molecular complexity index is 387. The van der Waals surface area contributed by atoms with Gasteiger partial charge in [0.2, 0.25) is 0 Å². The summed E-state index contributed by atoms with van der Waals surface area (Å²) in [5, 5.41) is 18.1. The summed E-state index contributed by atoms with van der Waals surface area (Å²) in [6.45, 7) is 1.73. The van der Waals surface area contributed by atoms with Gasteiger partial charge in [-0.15, -0.1) is 0 Å². The third-order valence-corrected chi connectivity index (χ3v) is 2.17. The molecular weight excluding hydrogens is 216 g/mol. The normalized spacial score (nSPS) is 10.8. The maximum atomic E-state index is 10.3. The molecule has 0 atom stereocenters. The molecule has 0 fully saturated rings. The average molecular weight is 227 g/mol. The molecule has 0 bridgehead atoms. The predicted molar refractivity (Wildman–Crippen MR) is 59.1 cm³/mol. The Morgan fingerprint density at radius 3 is 2.73 bits per heavy atom. The van der Waals surface area contributed by atoms with Gasteiger partial charge in [-0.3, -0.25) is 4.79 Å². The van der Waals surface area contributed by atoms with Crippen LogP contribution in [0.5, 0.6) is 5.75 Å². The number of halogens is 1. The first-order valence-corrected chi connectivity index (χ1v) is 4.76. The number of benzene rings is 1. The summed E-state index contributed by atoms with van der Waals surface area (Å²) in [6.07, 6.45) is 3.16. The number of carboxylic acid groups (broad SMARTS) is 1. The molecule has 0 aliphatic heterocycles. The standard InChI is InChI=1S/C11H11ClO3/c1-7-5-8(3-2-4-10(13)14)6-9(12)11(7)15/h2-3,5-6,15H,4H2,1H3,(H,13,14). The van der Waals surface area contributed by atoms with Gasteiger partial charge in [0.05, 0.1) is 11.4 Å². The minimum atomic E-state index is -0.882. The Labute approximate surface area is 92.6 Å². The molecule has 0 saturated carbocycles. The molecular formula is C11H11ClO3. The van der Waals surface area contributed by atoms with Crippen molar-refractivity contribution in [2.24, 2.45) is 0 Å². The van der Waals surface area contributed by atoms with Gasteiger partial charge in [0.15, 0.2) is 0 Å². The number of hydrogen-bond donors (Lipinski definition) is 2. The van der Waals surface area contributed by atoms with E-state index in [0.717, 1.165) is 5.56 Å². The number of aromatic hydroxyl groups is 1. The Morgan fingerprint density at radius 2 is 2.20 bits per heavy atom. The van der Waals surface area contributed by atoms with Crippen molar-refractivity contribution in [3.63, 3.8) is 0 Å². The second kappa shape index (κ2) is 4.84. The van der Waals surface area contributed by atoms with Crippen molar-refractivity contribution in [2.75, 3.05) is 0 Å². The summed E-state index contributed by atoms with van der Waals surface area (Å²) in [4.78, 5) is 10.3. The van der Waals surface area contributed by atoms with Gasteiger partial charge in [-0.1, -0.05) is 23.8 Å². The van der Waals surface area contributed by atoms with E-state index in [2.05, 4.69) is 0 Å². The van der Waals surface area contributed by atoms with Gasteiger partial charge in [0.1, 0.15) is 5.75 Å². The summed E-state index contributed by atoms with van der Waals surface area (Å²) in [7, 11) is 0. The summed E-state index contributed by atoms with van der Waals surface area (Å²) in [6, 6.07) is 3.32. The van der Waals surface area contributed by atoms with Crippen LogP contribution in [0.4, 0.5) is 0 Å². The quantitative estimate of drug-likeness (QED) is 0.833. The van der Waals surface area contributed by atoms with Crippen LogP contribution in [0.3, 0.4) is 0 Å². The number of carbonyl (C=O) groups is 1. The van der Waals surface area contributed by atoms with Crippen LogP contribution in [0, 0.1) is 6.92 Å². The number of aryl methyl sites for hydroxylation is 1. The zero-order valence-corrected chi connectivity index (χ0v) is 8.95. The fraction of sp³-hybridized carbons (Fsp3) is 0.182. The van der Waals surface area contributed by atoms with E-state index in [1.54, 1.807) is 25.1 Å². The van der Waals surface area contributed by atoms with Gasteiger partial charge in [-0.2, -0.15) is 0 Å². The monoisotopic (exact) mass is 226 g/mol. The van der Waals surface area contributed by atoms with Gasteiger partial charge in [-0.05, 0) is 30.2 Å². The van der Waals surface area contributed by atoms with Crippen molar-refractivity contribution in [2.45, 2.75) is 13.3 Å². The second-order valence-electron chi connectivity index (χ2n) is 3.17. The van der Waals surface area contributed by atoms with Crippen LogP contribution in [-0.2, 0) is 4.79 Å². The lowest BCUT2D eigenvalue weighted by Gasteiger charge is -2.02. The Kier molecular flexibility index (Phi) is 3.74. The van der Waals surface area contributed by atoms with Gasteiger partial charge in [0, 0.05) is 0 Å². The summed E-state index contributed by atoms with van der Waals surface area (Å²) < 4.78 is 0. The molecule has 3 nitrogen and oxygen atoms in total. The van der Waals surface area contributed by atoms with E-state index in [1.165, 1.54) is 6.08 Å². The highest BCUT2D eigenvalue weighted by Crippen LogP contribution is 2.28. The fourth-order valence-electron chi connectivity index (χ4n) is 1.16. The molecule has 0 aliphatic rings. The highest BCUT2D eigenvalue weighted by Gasteiger charge is 2.02. The van der Waals surface area contributed by atoms with Crippen LogP contribution in [0.25, 0.3) is 6.08 Å². The minimum absolute atomic E-state index is 0.0302. The maximum absolute atomic E-state index is 10.3. The van der Waals surface area contributed by atoms with E-state index < -0.39 is 5.97 Å². The van der Waals surface area contributed by atoms with Crippen molar-refractivity contribution in [3.05, 3.63) is 34.4 Å². The first-order valence-electron chi connectivity index (χ1n) is 4.38. The van der Waals surface area contributed by atoms with Gasteiger partial charge in [0.25, 0.3) is 0 Å². The topological polar surface area (TPSA) is 57.5 Å². The van der Waals surface area contributed by atoms with E-state index in [9.17, 15) is 9.90 Å². The van der Waals surface area contributed by atoms with Crippen molar-refractivity contribution >= 4 is 23.6 Å². The predicted octanol–water partition coefficient (Wildman–Crippen LogP) is 2.84. The molecule has 0 amide bonds. The van der Waals surface area contributed by atoms with Crippen LogP contribution in [0.1, 0.15) is 17.5 Å². The second-order valence-corrected chi connectivity index (χ2v) is 3.58. The number of phenolic OH excluding ortho intramolecular Hbond substituents is 1. The van der Waals surface area contributed by atoms with E-state index >= 15 is 0 Å². The van der Waals surface area contributed by atoms with Gasteiger partial charge < -0.3 is 10.2 Å². The molecule has 0 radical (unpaired) electrons. The minimum Gasteiger partial charge on any atom is -0.506 e. The highest BCUT2D eigenvalue weighted by atomic mass is 35.5. The number of carboxylic acids is 1. The molecule has 0 heterocycles. The number of rotatable bonds is 3. The molecule has 4 heteroatoms. The lowest BCUT2D eigenvalue weighted by molar-refractivity contribution is -0.135. The Balaban J connectivity index is 2.87. The molecule has 1 aromatic carbocycles. The molecule has 1 aromatic rings. The van der Waals surface area contributed by atoms with Crippen LogP contribution < -0.4 is 0 Å². The lowest BCUT2D eigenvalue weighted by atomic mass is 10.1.